The second kappa shape index (κ2) is 46.6. The Morgan fingerprint density at radius 1 is 1.50 bits per heavy atom. The molecule has 0 spiro atoms. The van der Waals surface area contributed by atoms with E-state index in [0.717, 1.165) is 23.4 Å². The van der Waals surface area contributed by atoms with Crippen molar-refractivity contribution in [1.29, 1.82) is 0 Å². The van der Waals surface area contributed by atoms with E-state index in [9.17, 15) is 0 Å². The zero-order valence-corrected chi connectivity index (χ0v) is 5.79. The van der Waals surface area contributed by atoms with Gasteiger partial charge in [-0.3, -0.25) is 0 Å². The van der Waals surface area contributed by atoms with Gasteiger partial charge >= 0.3 is 40.6 Å². The molecular formula is HB2HfO. The fraction of sp³-hybridized carbons (Fsp3) is 0. The SMILES string of the molecule is B=O.[B]#[Hf]. The Hall–Kier alpha value is 0.800. The standard InChI is InChI=1S/BHO.B.Hf/c1-2;;/h1H;;. The summed E-state index contributed by atoms with van der Waals surface area (Å²) in [5.41, 5.74) is 0. The van der Waals surface area contributed by atoms with E-state index in [-0.39, 0.29) is 0 Å². The molecule has 0 aromatic rings. The minimum absolute atomic E-state index is 0.806. The van der Waals surface area contributed by atoms with E-state index in [2.05, 4.69) is 4.78 Å². The van der Waals surface area contributed by atoms with Crippen LogP contribution < -0.4 is 0 Å². The molecule has 0 radical (unpaired) electrons. The van der Waals surface area contributed by atoms with Crippen LogP contribution in [0, 0.1) is 0 Å². The maximum absolute atomic E-state index is 8.00. The molecule has 0 N–H and O–H groups in total. The van der Waals surface area contributed by atoms with E-state index in [1.54, 1.807) is 0 Å². The van der Waals surface area contributed by atoms with E-state index in [0.29, 0.717) is 0 Å². The van der Waals surface area contributed by atoms with Crippen molar-refractivity contribution in [2.75, 3.05) is 0 Å². The number of hydrogen-bond donors (Lipinski definition) is 0. The molecular weight excluding hydrogens is 216 g/mol. The fourth-order valence-corrected chi connectivity index (χ4v) is 0. The van der Waals surface area contributed by atoms with Gasteiger partial charge in [0.15, 0.2) is 0 Å². The van der Waals surface area contributed by atoms with Gasteiger partial charge in [-0.05, 0) is 0 Å². The molecule has 1 nitrogen and oxygen atoms in total. The van der Waals surface area contributed by atoms with Crippen LogP contribution in [0.15, 0.2) is 0 Å². The Kier molecular flexibility index (Phi) is 103. The van der Waals surface area contributed by atoms with Gasteiger partial charge in [0, 0.05) is 0 Å². The van der Waals surface area contributed by atoms with Gasteiger partial charge in [0.2, 0.25) is 0 Å². The van der Waals surface area contributed by atoms with Crippen molar-refractivity contribution in [3.05, 3.63) is 0 Å². The van der Waals surface area contributed by atoms with Gasteiger partial charge < -0.3 is 0 Å². The summed E-state index contributed by atoms with van der Waals surface area (Å²) in [5.74, 6) is 0. The van der Waals surface area contributed by atoms with Crippen LogP contribution in [-0.4, -0.2) is 12.5 Å². The van der Waals surface area contributed by atoms with Gasteiger partial charge in [0.05, 0.1) is 0 Å². The van der Waals surface area contributed by atoms with Gasteiger partial charge in [-0.15, -0.1) is 0 Å². The van der Waals surface area contributed by atoms with Crippen molar-refractivity contribution in [1.82, 2.24) is 0 Å². The van der Waals surface area contributed by atoms with Gasteiger partial charge in [0.25, 0.3) is 0 Å². The summed E-state index contributed by atoms with van der Waals surface area (Å²) in [7, 11) is 2.00. The van der Waals surface area contributed by atoms with Crippen LogP contribution in [0.25, 0.3) is 0 Å². The first-order valence-corrected chi connectivity index (χ1v) is 2.65. The predicted molar refractivity (Wildman–Crippen MR) is 13.6 cm³/mol. The zero-order valence-electron chi connectivity index (χ0n) is 2.19. The first kappa shape index (κ1) is 8.84. The fourth-order valence-electron chi connectivity index (χ4n) is 0. The third-order valence-corrected chi connectivity index (χ3v) is 0. The van der Waals surface area contributed by atoms with Gasteiger partial charge in [-0.25, -0.2) is 0 Å². The second-order valence-electron chi connectivity index (χ2n) is 0. The molecule has 0 bridgehead atoms. The molecule has 0 aliphatic heterocycles. The van der Waals surface area contributed by atoms with Crippen LogP contribution in [0.4, 0.5) is 0 Å². The molecule has 0 unspecified atom stereocenters. The molecule has 0 aromatic heterocycles. The summed E-state index contributed by atoms with van der Waals surface area (Å²) in [6.45, 7) is 0. The van der Waals surface area contributed by atoms with Gasteiger partial charge in [0.1, 0.15) is 0 Å². The van der Waals surface area contributed by atoms with Crippen molar-refractivity contribution in [3.63, 3.8) is 0 Å². The molecule has 0 heterocycles. The first-order chi connectivity index (χ1) is 2.00. The van der Waals surface area contributed by atoms with E-state index in [1.807, 2.05) is 7.72 Å². The van der Waals surface area contributed by atoms with Crippen LogP contribution in [0.5, 0.6) is 0 Å². The maximum atomic E-state index is 8.00. The monoisotopic (exact) mass is 219 g/mol. The Labute approximate surface area is 40.9 Å². The van der Waals surface area contributed by atoms with Crippen molar-refractivity contribution in [2.24, 2.45) is 0 Å². The van der Waals surface area contributed by atoms with Crippen molar-refractivity contribution in [3.8, 4) is 0 Å². The molecule has 0 fully saturated rings. The minimum atomic E-state index is 0.806. The van der Waals surface area contributed by atoms with Gasteiger partial charge in [-0.1, -0.05) is 0 Å². The van der Waals surface area contributed by atoms with Crippen LogP contribution in [0.2, 0.25) is 0 Å². The first-order valence-electron chi connectivity index (χ1n) is 0.577. The number of rotatable bonds is 0. The van der Waals surface area contributed by atoms with E-state index in [4.69, 9.17) is 4.70 Å². The molecule has 17 valence electrons. The zero-order chi connectivity index (χ0) is 4.00. The van der Waals surface area contributed by atoms with Crippen LogP contribution in [0.1, 0.15) is 0 Å². The van der Waals surface area contributed by atoms with Gasteiger partial charge in [-0.2, -0.15) is 0 Å². The molecule has 4 heavy (non-hydrogen) atoms. The van der Waals surface area contributed by atoms with E-state index >= 15 is 0 Å². The van der Waals surface area contributed by atoms with Crippen molar-refractivity contribution < 1.29 is 28.1 Å². The predicted octanol–water partition coefficient (Wildman–Crippen LogP) is -1.15. The molecule has 0 aliphatic carbocycles. The normalized spacial score (nSPS) is 2.75. The van der Waals surface area contributed by atoms with Crippen molar-refractivity contribution in [2.45, 2.75) is 0 Å². The summed E-state index contributed by atoms with van der Waals surface area (Å²) in [4.78, 5) is 0. The molecule has 0 amide bonds. The summed E-state index contributed by atoms with van der Waals surface area (Å²) < 4.78 is 12.6. The average Bonchev–Trinajstić information content (AvgIpc) is 1.50. The van der Waals surface area contributed by atoms with E-state index < -0.39 is 0 Å². The van der Waals surface area contributed by atoms with Crippen molar-refractivity contribution >= 4 is 12.5 Å². The molecule has 0 atom stereocenters. The summed E-state index contributed by atoms with van der Waals surface area (Å²) in [5, 5.41) is 0. The summed E-state index contributed by atoms with van der Waals surface area (Å²) in [6, 6.07) is 0. The molecule has 0 rings (SSSR count). The summed E-state index contributed by atoms with van der Waals surface area (Å²) >= 11 is 0.806. The Bertz CT molecular complexity index is 17.2. The average molecular weight is 217 g/mol. The van der Waals surface area contributed by atoms with Crippen LogP contribution in [-0.2, 0) is 28.1 Å². The van der Waals surface area contributed by atoms with E-state index in [1.165, 1.54) is 0 Å². The van der Waals surface area contributed by atoms with Crippen LogP contribution in [0.3, 0.4) is 0 Å². The molecule has 0 saturated carbocycles. The summed E-state index contributed by atoms with van der Waals surface area (Å²) in [6.07, 6.45) is 0. The third-order valence-electron chi connectivity index (χ3n) is 0. The third kappa shape index (κ3) is 14.2. The Morgan fingerprint density at radius 3 is 1.50 bits per heavy atom. The second-order valence-corrected chi connectivity index (χ2v) is 0. The molecule has 4 heteroatoms. The topological polar surface area (TPSA) is 17.1 Å². The Morgan fingerprint density at radius 2 is 1.50 bits per heavy atom. The Balaban J connectivity index is 0. The molecule has 0 saturated heterocycles. The molecule has 0 aliphatic rings. The van der Waals surface area contributed by atoms with Crippen LogP contribution >= 0.6 is 0 Å². The molecule has 0 aromatic carbocycles. The quantitative estimate of drug-likeness (QED) is 0.468. The number of hydrogen-bond acceptors (Lipinski definition) is 1.